The van der Waals surface area contributed by atoms with E-state index in [1.807, 2.05) is 30.3 Å². The Hall–Kier alpha value is -0.803. The van der Waals surface area contributed by atoms with Crippen molar-refractivity contribution in [1.29, 1.82) is 0 Å². The largest absolute Gasteiger partial charge is 0.488 e. The van der Waals surface area contributed by atoms with E-state index in [2.05, 4.69) is 0 Å². The molecule has 1 aliphatic carbocycles. The number of hydrogen-bond acceptors (Lipinski definition) is 2. The van der Waals surface area contributed by atoms with Crippen molar-refractivity contribution in [2.45, 2.75) is 43.9 Å². The second-order valence-corrected chi connectivity index (χ2v) is 5.94. The average Bonchev–Trinajstić information content (AvgIpc) is 2.36. The van der Waals surface area contributed by atoms with Gasteiger partial charge in [-0.05, 0) is 37.3 Å². The lowest BCUT2D eigenvalue weighted by Gasteiger charge is -2.34. The third-order valence-corrected chi connectivity index (χ3v) is 4.19. The molecule has 1 aliphatic rings. The van der Waals surface area contributed by atoms with E-state index in [-0.39, 0.29) is 12.2 Å². The molecule has 1 aromatic carbocycles. The molecule has 1 fully saturated rings. The maximum atomic E-state index is 10.3. The van der Waals surface area contributed by atoms with Gasteiger partial charge in [0, 0.05) is 10.2 Å². The molecular weight excluding hydrogens is 228 g/mol. The summed E-state index contributed by atoms with van der Waals surface area (Å²) in [6.07, 6.45) is 4.21. The first-order valence-electron chi connectivity index (χ1n) is 6.71. The van der Waals surface area contributed by atoms with Crippen LogP contribution in [0, 0.1) is 5.92 Å². The highest BCUT2D eigenvalue weighted by Crippen LogP contribution is 2.30. The van der Waals surface area contributed by atoms with E-state index in [4.69, 9.17) is 4.74 Å². The number of para-hydroxylation sites is 1. The number of aliphatic hydroxyl groups excluding tert-OH is 1. The lowest BCUT2D eigenvalue weighted by Crippen LogP contribution is -2.41. The van der Waals surface area contributed by atoms with E-state index in [0.29, 0.717) is 5.92 Å². The first kappa shape index (κ1) is 12.6. The molecule has 1 aromatic rings. The zero-order valence-corrected chi connectivity index (χ0v) is 12.5. The maximum absolute atomic E-state index is 10.3. The second-order valence-electron chi connectivity index (χ2n) is 4.94. The van der Waals surface area contributed by atoms with Gasteiger partial charge < -0.3 is 9.84 Å². The van der Waals surface area contributed by atoms with Crippen LogP contribution < -0.4 is 4.74 Å². The molecule has 3 atom stereocenters. The molecule has 0 aliphatic heterocycles. The van der Waals surface area contributed by atoms with Crippen molar-refractivity contribution < 1.29 is 9.84 Å². The van der Waals surface area contributed by atoms with Gasteiger partial charge in [0.25, 0.3) is 0 Å². The first-order chi connectivity index (χ1) is 8.31. The summed E-state index contributed by atoms with van der Waals surface area (Å²) in [4.78, 5) is 0. The lowest BCUT2D eigenvalue weighted by atomic mass is 9.83. The Kier molecular flexibility index (Phi) is 4.63. The van der Waals surface area contributed by atoms with Crippen molar-refractivity contribution in [3.63, 3.8) is 0 Å². The van der Waals surface area contributed by atoms with Crippen LogP contribution in [0.5, 0.6) is 5.75 Å². The van der Waals surface area contributed by atoms with Gasteiger partial charge >= 0.3 is 0 Å². The van der Waals surface area contributed by atoms with Gasteiger partial charge in [-0.25, -0.2) is 0 Å². The Labute approximate surface area is 106 Å². The van der Waals surface area contributed by atoms with Crippen molar-refractivity contribution in [3.05, 3.63) is 30.3 Å². The summed E-state index contributed by atoms with van der Waals surface area (Å²) in [6, 6.07) is 11.1. The molecule has 0 amide bonds. The third kappa shape index (κ3) is 3.33. The Bertz CT molecular complexity index is 326. The molecule has 94 valence electrons. The molecule has 0 aromatic heterocycles. The lowest BCUT2D eigenvalue weighted by molar-refractivity contribution is -0.0320. The van der Waals surface area contributed by atoms with Crippen molar-refractivity contribution in [2.24, 2.45) is 5.92 Å². The van der Waals surface area contributed by atoms with Crippen LogP contribution in [0.1, 0.15) is 25.7 Å². The topological polar surface area (TPSA) is 29.5 Å². The number of ether oxygens (including phenoxy) is 1. The summed E-state index contributed by atoms with van der Waals surface area (Å²) in [5, 5.41) is 10.3. The number of hydrogen-bond donors (Lipinski definition) is 1. The summed E-state index contributed by atoms with van der Waals surface area (Å²) in [7, 11) is 1.23. The number of rotatable bonds is 4. The van der Waals surface area contributed by atoms with Gasteiger partial charge in [-0.2, -0.15) is 0 Å². The SMILES string of the molecule is OC1C(CC[SiH3])CCCC1Oc1ccccc1. The molecular formula is C14H22O2Si. The fourth-order valence-electron chi connectivity index (χ4n) is 2.71. The van der Waals surface area contributed by atoms with Crippen molar-refractivity contribution in [3.8, 4) is 5.75 Å². The molecule has 2 rings (SSSR count). The van der Waals surface area contributed by atoms with Crippen LogP contribution in [-0.4, -0.2) is 27.6 Å². The van der Waals surface area contributed by atoms with Gasteiger partial charge in [0.2, 0.25) is 0 Å². The molecule has 0 bridgehead atoms. The van der Waals surface area contributed by atoms with E-state index < -0.39 is 0 Å². The maximum Gasteiger partial charge on any atom is 0.125 e. The van der Waals surface area contributed by atoms with Crippen LogP contribution in [0.4, 0.5) is 0 Å². The Balaban J connectivity index is 1.96. The highest BCUT2D eigenvalue weighted by molar-refractivity contribution is 6.08. The number of aliphatic hydroxyl groups is 1. The summed E-state index contributed by atoms with van der Waals surface area (Å²) >= 11 is 0. The minimum absolute atomic E-state index is 0.00985. The van der Waals surface area contributed by atoms with Gasteiger partial charge in [0.1, 0.15) is 11.9 Å². The fourth-order valence-corrected chi connectivity index (χ4v) is 3.46. The summed E-state index contributed by atoms with van der Waals surface area (Å²) < 4.78 is 5.91. The van der Waals surface area contributed by atoms with Crippen molar-refractivity contribution in [2.75, 3.05) is 0 Å². The molecule has 0 heterocycles. The molecule has 3 unspecified atom stereocenters. The Morgan fingerprint density at radius 3 is 2.71 bits per heavy atom. The predicted molar refractivity (Wildman–Crippen MR) is 73.6 cm³/mol. The molecule has 17 heavy (non-hydrogen) atoms. The van der Waals surface area contributed by atoms with Gasteiger partial charge in [0.15, 0.2) is 0 Å². The van der Waals surface area contributed by atoms with Crippen LogP contribution >= 0.6 is 0 Å². The highest BCUT2D eigenvalue weighted by Gasteiger charge is 2.32. The highest BCUT2D eigenvalue weighted by atomic mass is 28.1. The van der Waals surface area contributed by atoms with Crippen LogP contribution in [0.15, 0.2) is 30.3 Å². The first-order valence-corrected chi connectivity index (χ1v) is 8.12. The second kappa shape index (κ2) is 6.22. The molecule has 0 spiro atoms. The van der Waals surface area contributed by atoms with Crippen LogP contribution in [-0.2, 0) is 0 Å². The normalized spacial score (nSPS) is 29.1. The number of benzene rings is 1. The Morgan fingerprint density at radius 2 is 2.00 bits per heavy atom. The third-order valence-electron chi connectivity index (χ3n) is 3.62. The van der Waals surface area contributed by atoms with Crippen molar-refractivity contribution >= 4 is 10.2 Å². The van der Waals surface area contributed by atoms with Crippen LogP contribution in [0.3, 0.4) is 0 Å². The van der Waals surface area contributed by atoms with Crippen LogP contribution in [0.2, 0.25) is 6.04 Å². The van der Waals surface area contributed by atoms with Gasteiger partial charge in [-0.1, -0.05) is 30.7 Å². The molecule has 2 nitrogen and oxygen atoms in total. The summed E-state index contributed by atoms with van der Waals surface area (Å²) in [5.74, 6) is 1.33. The smallest absolute Gasteiger partial charge is 0.125 e. The van der Waals surface area contributed by atoms with E-state index >= 15 is 0 Å². The summed E-state index contributed by atoms with van der Waals surface area (Å²) in [6.45, 7) is 0. The van der Waals surface area contributed by atoms with E-state index in [1.54, 1.807) is 0 Å². The molecule has 0 saturated heterocycles. The monoisotopic (exact) mass is 250 g/mol. The van der Waals surface area contributed by atoms with Crippen molar-refractivity contribution in [1.82, 2.24) is 0 Å². The predicted octanol–water partition coefficient (Wildman–Crippen LogP) is 1.77. The van der Waals surface area contributed by atoms with E-state index in [1.165, 1.54) is 29.1 Å². The molecule has 1 N–H and O–H groups in total. The average molecular weight is 250 g/mol. The van der Waals surface area contributed by atoms with Crippen LogP contribution in [0.25, 0.3) is 0 Å². The summed E-state index contributed by atoms with van der Waals surface area (Å²) in [5.41, 5.74) is 0. The van der Waals surface area contributed by atoms with Gasteiger partial charge in [-0.3, -0.25) is 0 Å². The Morgan fingerprint density at radius 1 is 1.24 bits per heavy atom. The molecule has 3 heteroatoms. The zero-order chi connectivity index (χ0) is 12.1. The standard InChI is InChI=1S/C14H22O2Si/c15-14-11(9-10-17)5-4-8-13(14)16-12-6-2-1-3-7-12/h1-3,6-7,11,13-15H,4-5,8-10H2,17H3. The zero-order valence-electron chi connectivity index (χ0n) is 10.5. The minimum atomic E-state index is -0.280. The molecule has 1 saturated carbocycles. The quantitative estimate of drug-likeness (QED) is 0.825. The van der Waals surface area contributed by atoms with E-state index in [9.17, 15) is 5.11 Å². The van der Waals surface area contributed by atoms with Gasteiger partial charge in [-0.15, -0.1) is 0 Å². The van der Waals surface area contributed by atoms with Gasteiger partial charge in [0.05, 0.1) is 6.10 Å². The molecule has 0 radical (unpaired) electrons. The van der Waals surface area contributed by atoms with E-state index in [0.717, 1.165) is 18.6 Å². The fraction of sp³-hybridized carbons (Fsp3) is 0.571. The minimum Gasteiger partial charge on any atom is -0.488 e.